The molecule has 1 aliphatic carbocycles. The quantitative estimate of drug-likeness (QED) is 0.590. The van der Waals surface area contributed by atoms with Crippen LogP contribution in [-0.4, -0.2) is 65.9 Å². The van der Waals surface area contributed by atoms with Gasteiger partial charge in [-0.05, 0) is 84.7 Å². The van der Waals surface area contributed by atoms with Crippen molar-refractivity contribution < 1.29 is 19.4 Å². The number of carbonyl (C=O) groups is 2. The van der Waals surface area contributed by atoms with Crippen LogP contribution in [0.1, 0.15) is 52.0 Å². The molecule has 0 saturated heterocycles. The molecule has 174 valence electrons. The summed E-state index contributed by atoms with van der Waals surface area (Å²) in [4.78, 5) is 26.8. The first-order valence-corrected chi connectivity index (χ1v) is 11.1. The fourth-order valence-electron chi connectivity index (χ4n) is 4.01. The summed E-state index contributed by atoms with van der Waals surface area (Å²) in [5.41, 5.74) is 0.575. The second-order valence-corrected chi connectivity index (χ2v) is 10.0. The van der Waals surface area contributed by atoms with E-state index < -0.39 is 30.3 Å². The molecular formula is C23H36ClN3O4. The van der Waals surface area contributed by atoms with Crippen molar-refractivity contribution in [1.29, 1.82) is 0 Å². The minimum atomic E-state index is -1.04. The van der Waals surface area contributed by atoms with Gasteiger partial charge < -0.3 is 25.4 Å². The van der Waals surface area contributed by atoms with Crippen molar-refractivity contribution in [2.45, 2.75) is 76.1 Å². The molecule has 1 aromatic rings. The van der Waals surface area contributed by atoms with Crippen molar-refractivity contribution in [1.82, 2.24) is 15.5 Å². The number of aliphatic hydroxyl groups is 1. The molecule has 1 aromatic carbocycles. The lowest BCUT2D eigenvalue weighted by Crippen LogP contribution is -2.55. The molecule has 8 heteroatoms. The topological polar surface area (TPSA) is 90.9 Å². The molecule has 1 saturated carbocycles. The third kappa shape index (κ3) is 7.66. The first-order chi connectivity index (χ1) is 14.4. The van der Waals surface area contributed by atoms with Crippen LogP contribution in [0.5, 0.6) is 0 Å². The van der Waals surface area contributed by atoms with Crippen LogP contribution in [0.3, 0.4) is 0 Å². The van der Waals surface area contributed by atoms with E-state index >= 15 is 0 Å². The third-order valence-electron chi connectivity index (χ3n) is 5.85. The van der Waals surface area contributed by atoms with E-state index in [0.29, 0.717) is 0 Å². The Balaban J connectivity index is 1.93. The molecule has 31 heavy (non-hydrogen) atoms. The fourth-order valence-corrected chi connectivity index (χ4v) is 4.14. The Labute approximate surface area is 190 Å². The number of nitrogens with one attached hydrogen (secondary N) is 2. The van der Waals surface area contributed by atoms with Crippen LogP contribution in [0.4, 0.5) is 4.79 Å². The second-order valence-electron chi connectivity index (χ2n) is 9.59. The van der Waals surface area contributed by atoms with Crippen LogP contribution >= 0.6 is 11.6 Å². The van der Waals surface area contributed by atoms with E-state index in [-0.39, 0.29) is 11.6 Å². The van der Waals surface area contributed by atoms with Crippen LogP contribution in [0.15, 0.2) is 24.3 Å². The van der Waals surface area contributed by atoms with Gasteiger partial charge in [0, 0.05) is 16.6 Å². The Morgan fingerprint density at radius 1 is 1.23 bits per heavy atom. The SMILES string of the molecule is CN(C)C1(Cc2ccc(Cl)cc2)CCC(NC(=O)C(CO)NC(=O)OC(C)(C)C)CC1. The first-order valence-electron chi connectivity index (χ1n) is 10.8. The number of carbonyl (C=O) groups excluding carboxylic acids is 2. The fraction of sp³-hybridized carbons (Fsp3) is 0.652. The summed E-state index contributed by atoms with van der Waals surface area (Å²) in [6, 6.07) is 6.92. The average molecular weight is 454 g/mol. The lowest BCUT2D eigenvalue weighted by Gasteiger charge is -2.45. The molecule has 0 aromatic heterocycles. The van der Waals surface area contributed by atoms with Gasteiger partial charge in [-0.15, -0.1) is 0 Å². The molecule has 2 rings (SSSR count). The molecule has 0 aliphatic heterocycles. The summed E-state index contributed by atoms with van der Waals surface area (Å²) in [6.45, 7) is 4.73. The maximum atomic E-state index is 12.6. The molecular weight excluding hydrogens is 418 g/mol. The van der Waals surface area contributed by atoms with Crippen molar-refractivity contribution in [3.05, 3.63) is 34.9 Å². The van der Waals surface area contributed by atoms with Crippen LogP contribution in [0.2, 0.25) is 5.02 Å². The number of hydrogen-bond acceptors (Lipinski definition) is 5. The number of alkyl carbamates (subject to hydrolysis) is 1. The molecule has 2 amide bonds. The summed E-state index contributed by atoms with van der Waals surface area (Å²) < 4.78 is 5.17. The van der Waals surface area contributed by atoms with Crippen molar-refractivity contribution in [3.63, 3.8) is 0 Å². The molecule has 1 aliphatic rings. The molecule has 0 bridgehead atoms. The lowest BCUT2D eigenvalue weighted by atomic mass is 9.75. The van der Waals surface area contributed by atoms with Crippen LogP contribution in [0.25, 0.3) is 0 Å². The number of hydrogen-bond donors (Lipinski definition) is 3. The Morgan fingerprint density at radius 3 is 2.29 bits per heavy atom. The highest BCUT2D eigenvalue weighted by atomic mass is 35.5. The van der Waals surface area contributed by atoms with Crippen molar-refractivity contribution >= 4 is 23.6 Å². The molecule has 1 unspecified atom stereocenters. The predicted molar refractivity (Wildman–Crippen MR) is 122 cm³/mol. The highest BCUT2D eigenvalue weighted by Crippen LogP contribution is 2.35. The standard InChI is InChI=1S/C23H36ClN3O4/c1-22(2,3)31-21(30)26-19(15-28)20(29)25-18-10-12-23(13-11-18,27(4)5)14-16-6-8-17(24)9-7-16/h6-9,18-19,28H,10-15H2,1-5H3,(H,25,29)(H,26,30). The maximum Gasteiger partial charge on any atom is 0.408 e. The number of amides is 2. The molecule has 3 N–H and O–H groups in total. The number of nitrogens with zero attached hydrogens (tertiary/aromatic N) is 1. The van der Waals surface area contributed by atoms with E-state index in [1.54, 1.807) is 20.8 Å². The van der Waals surface area contributed by atoms with Crippen LogP contribution < -0.4 is 10.6 Å². The van der Waals surface area contributed by atoms with Gasteiger partial charge in [-0.3, -0.25) is 4.79 Å². The molecule has 7 nitrogen and oxygen atoms in total. The molecule has 1 atom stereocenters. The highest BCUT2D eigenvalue weighted by molar-refractivity contribution is 6.30. The number of ether oxygens (including phenoxy) is 1. The third-order valence-corrected chi connectivity index (χ3v) is 6.10. The summed E-state index contributed by atoms with van der Waals surface area (Å²) in [7, 11) is 4.20. The van der Waals surface area contributed by atoms with Gasteiger partial charge in [0.25, 0.3) is 0 Å². The Morgan fingerprint density at radius 2 is 1.81 bits per heavy atom. The molecule has 0 heterocycles. The summed E-state index contributed by atoms with van der Waals surface area (Å²) in [5, 5.41) is 15.7. The predicted octanol–water partition coefficient (Wildman–Crippen LogP) is 3.13. The van der Waals surface area contributed by atoms with Crippen LogP contribution in [-0.2, 0) is 16.0 Å². The number of likely N-dealkylation sites (N-methyl/N-ethyl adjacent to an activating group) is 1. The molecule has 0 spiro atoms. The van der Waals surface area contributed by atoms with Gasteiger partial charge in [-0.1, -0.05) is 23.7 Å². The van der Waals surface area contributed by atoms with Crippen molar-refractivity contribution in [2.75, 3.05) is 20.7 Å². The van der Waals surface area contributed by atoms with E-state index in [0.717, 1.165) is 37.1 Å². The Hall–Kier alpha value is -1.83. The van der Waals surface area contributed by atoms with E-state index in [1.165, 1.54) is 5.56 Å². The van der Waals surface area contributed by atoms with Gasteiger partial charge in [0.2, 0.25) is 5.91 Å². The Kier molecular flexibility index (Phi) is 8.74. The zero-order valence-electron chi connectivity index (χ0n) is 19.2. The van der Waals surface area contributed by atoms with E-state index in [1.807, 2.05) is 12.1 Å². The monoisotopic (exact) mass is 453 g/mol. The number of aliphatic hydroxyl groups excluding tert-OH is 1. The smallest absolute Gasteiger partial charge is 0.408 e. The molecule has 0 radical (unpaired) electrons. The lowest BCUT2D eigenvalue weighted by molar-refractivity contribution is -0.125. The average Bonchev–Trinajstić information content (AvgIpc) is 2.68. The number of halogens is 1. The second kappa shape index (κ2) is 10.7. The van der Waals surface area contributed by atoms with Gasteiger partial charge in [-0.25, -0.2) is 4.79 Å². The van der Waals surface area contributed by atoms with Gasteiger partial charge in [0.05, 0.1) is 6.61 Å². The largest absolute Gasteiger partial charge is 0.444 e. The Bertz CT molecular complexity index is 738. The van der Waals surface area contributed by atoms with E-state index in [4.69, 9.17) is 16.3 Å². The van der Waals surface area contributed by atoms with E-state index in [9.17, 15) is 14.7 Å². The van der Waals surface area contributed by atoms with Crippen molar-refractivity contribution in [3.8, 4) is 0 Å². The minimum Gasteiger partial charge on any atom is -0.444 e. The zero-order valence-corrected chi connectivity index (χ0v) is 20.0. The number of rotatable bonds is 7. The van der Waals surface area contributed by atoms with Gasteiger partial charge in [-0.2, -0.15) is 0 Å². The zero-order chi connectivity index (χ0) is 23.2. The van der Waals surface area contributed by atoms with E-state index in [2.05, 4.69) is 41.8 Å². The highest BCUT2D eigenvalue weighted by Gasteiger charge is 2.38. The van der Waals surface area contributed by atoms with Gasteiger partial charge in [0.1, 0.15) is 11.6 Å². The maximum absolute atomic E-state index is 12.6. The van der Waals surface area contributed by atoms with Crippen molar-refractivity contribution in [2.24, 2.45) is 0 Å². The van der Waals surface area contributed by atoms with Gasteiger partial charge >= 0.3 is 6.09 Å². The normalized spacial score (nSPS) is 22.6. The summed E-state index contributed by atoms with van der Waals surface area (Å²) in [5.74, 6) is -0.395. The summed E-state index contributed by atoms with van der Waals surface area (Å²) in [6.07, 6.45) is 3.69. The summed E-state index contributed by atoms with van der Waals surface area (Å²) >= 11 is 6.02. The number of benzene rings is 1. The molecule has 1 fully saturated rings. The first kappa shape index (κ1) is 25.4. The van der Waals surface area contributed by atoms with Gasteiger partial charge in [0.15, 0.2) is 0 Å². The minimum absolute atomic E-state index is 0.000259. The van der Waals surface area contributed by atoms with Crippen LogP contribution in [0, 0.1) is 0 Å².